The molecule has 0 spiro atoms. The van der Waals surface area contributed by atoms with Crippen LogP contribution in [0.2, 0.25) is 0 Å². The first-order chi connectivity index (χ1) is 12.2. The van der Waals surface area contributed by atoms with Crippen molar-refractivity contribution in [3.8, 4) is 0 Å². The van der Waals surface area contributed by atoms with E-state index in [-0.39, 0.29) is 5.91 Å². The second-order valence-corrected chi connectivity index (χ2v) is 5.92. The number of anilines is 3. The van der Waals surface area contributed by atoms with E-state index in [2.05, 4.69) is 28.6 Å². The highest BCUT2D eigenvalue weighted by atomic mass is 16.1. The van der Waals surface area contributed by atoms with Gasteiger partial charge in [-0.25, -0.2) is 0 Å². The van der Waals surface area contributed by atoms with E-state index in [0.29, 0.717) is 5.56 Å². The van der Waals surface area contributed by atoms with Crippen molar-refractivity contribution in [2.24, 2.45) is 0 Å². The molecule has 2 N–H and O–H groups in total. The third-order valence-corrected chi connectivity index (χ3v) is 3.99. The van der Waals surface area contributed by atoms with Gasteiger partial charge in [-0.05, 0) is 43.2 Å². The number of aromatic nitrogens is 1. The molecule has 0 aliphatic heterocycles. The molecule has 0 aliphatic rings. The zero-order valence-corrected chi connectivity index (χ0v) is 14.4. The quantitative estimate of drug-likeness (QED) is 0.695. The van der Waals surface area contributed by atoms with Crippen molar-refractivity contribution in [3.05, 3.63) is 83.7 Å². The lowest BCUT2D eigenvalue weighted by atomic mass is 10.1. The minimum Gasteiger partial charge on any atom is -0.354 e. The van der Waals surface area contributed by atoms with Crippen LogP contribution in [0, 0.1) is 6.92 Å². The van der Waals surface area contributed by atoms with Crippen LogP contribution in [0.1, 0.15) is 28.4 Å². The molecular formula is C21H21N3O. The maximum atomic E-state index is 12.4. The number of hydrogen-bond donors (Lipinski definition) is 2. The third-order valence-electron chi connectivity index (χ3n) is 3.99. The van der Waals surface area contributed by atoms with E-state index in [1.165, 1.54) is 5.56 Å². The van der Waals surface area contributed by atoms with Crippen LogP contribution in [-0.4, -0.2) is 10.9 Å². The van der Waals surface area contributed by atoms with Gasteiger partial charge in [0.05, 0.1) is 17.4 Å². The maximum absolute atomic E-state index is 12.4. The van der Waals surface area contributed by atoms with Crippen molar-refractivity contribution in [1.29, 1.82) is 0 Å². The molecule has 25 heavy (non-hydrogen) atoms. The summed E-state index contributed by atoms with van der Waals surface area (Å²) in [7, 11) is 0. The first kappa shape index (κ1) is 16.7. The number of carbonyl (C=O) groups is 1. The molecule has 4 heteroatoms. The molecule has 0 saturated heterocycles. The molecule has 0 radical (unpaired) electrons. The normalized spacial score (nSPS) is 10.3. The van der Waals surface area contributed by atoms with E-state index in [1.54, 1.807) is 12.4 Å². The predicted molar refractivity (Wildman–Crippen MR) is 102 cm³/mol. The van der Waals surface area contributed by atoms with Gasteiger partial charge in [-0.2, -0.15) is 0 Å². The van der Waals surface area contributed by atoms with Crippen LogP contribution in [-0.2, 0) is 6.42 Å². The number of carbonyl (C=O) groups excluding carboxylic acids is 1. The fraction of sp³-hybridized carbons (Fsp3) is 0.143. The Morgan fingerprint density at radius 3 is 2.52 bits per heavy atom. The zero-order chi connectivity index (χ0) is 17.6. The summed E-state index contributed by atoms with van der Waals surface area (Å²) in [6, 6.07) is 17.6. The van der Waals surface area contributed by atoms with Crippen molar-refractivity contribution >= 4 is 23.0 Å². The number of rotatable bonds is 5. The van der Waals surface area contributed by atoms with Crippen LogP contribution < -0.4 is 10.6 Å². The molecule has 3 rings (SSSR count). The Bertz CT molecular complexity index is 872. The van der Waals surface area contributed by atoms with Crippen molar-refractivity contribution < 1.29 is 4.79 Å². The standard InChI is InChI=1S/C21H21N3O/c1-3-16-6-4-5-7-20(16)23-19-12-17(13-22-14-19)21(25)24-18-10-8-15(2)9-11-18/h4-14,23H,3H2,1-2H3,(H,24,25). The summed E-state index contributed by atoms with van der Waals surface area (Å²) in [5.41, 5.74) is 5.47. The number of para-hydroxylation sites is 1. The van der Waals surface area contributed by atoms with Crippen LogP contribution in [0.3, 0.4) is 0 Å². The summed E-state index contributed by atoms with van der Waals surface area (Å²) in [6.07, 6.45) is 4.22. The average molecular weight is 331 g/mol. The van der Waals surface area contributed by atoms with Gasteiger partial charge in [-0.15, -0.1) is 0 Å². The number of amides is 1. The summed E-state index contributed by atoms with van der Waals surface area (Å²) >= 11 is 0. The Kier molecular flexibility index (Phi) is 5.09. The molecule has 126 valence electrons. The monoisotopic (exact) mass is 331 g/mol. The molecule has 2 aromatic carbocycles. The van der Waals surface area contributed by atoms with Gasteiger partial charge in [0.15, 0.2) is 0 Å². The molecule has 1 aromatic heterocycles. The van der Waals surface area contributed by atoms with Crippen molar-refractivity contribution in [3.63, 3.8) is 0 Å². The molecule has 0 aliphatic carbocycles. The number of hydrogen-bond acceptors (Lipinski definition) is 3. The lowest BCUT2D eigenvalue weighted by Gasteiger charge is -2.11. The number of nitrogens with zero attached hydrogens (tertiary/aromatic N) is 1. The first-order valence-electron chi connectivity index (χ1n) is 8.33. The van der Waals surface area contributed by atoms with Crippen molar-refractivity contribution in [2.75, 3.05) is 10.6 Å². The van der Waals surface area contributed by atoms with E-state index in [1.807, 2.05) is 55.5 Å². The molecule has 0 bridgehead atoms. The highest BCUT2D eigenvalue weighted by Gasteiger charge is 2.08. The fourth-order valence-corrected chi connectivity index (χ4v) is 2.58. The summed E-state index contributed by atoms with van der Waals surface area (Å²) in [6.45, 7) is 4.13. The molecule has 4 nitrogen and oxygen atoms in total. The minimum atomic E-state index is -0.177. The van der Waals surface area contributed by atoms with Crippen LogP contribution in [0.15, 0.2) is 67.0 Å². The van der Waals surface area contributed by atoms with Crippen molar-refractivity contribution in [1.82, 2.24) is 4.98 Å². The minimum absolute atomic E-state index is 0.177. The van der Waals surface area contributed by atoms with Gasteiger partial charge >= 0.3 is 0 Å². The largest absolute Gasteiger partial charge is 0.354 e. The summed E-state index contributed by atoms with van der Waals surface area (Å²) in [5, 5.41) is 6.24. The van der Waals surface area contributed by atoms with Crippen LogP contribution in [0.25, 0.3) is 0 Å². The van der Waals surface area contributed by atoms with Crippen molar-refractivity contribution in [2.45, 2.75) is 20.3 Å². The zero-order valence-electron chi connectivity index (χ0n) is 14.4. The SMILES string of the molecule is CCc1ccccc1Nc1cncc(C(=O)Nc2ccc(C)cc2)c1. The smallest absolute Gasteiger partial charge is 0.257 e. The number of aryl methyl sites for hydroxylation is 2. The lowest BCUT2D eigenvalue weighted by molar-refractivity contribution is 0.102. The molecular weight excluding hydrogens is 310 g/mol. The summed E-state index contributed by atoms with van der Waals surface area (Å²) in [4.78, 5) is 16.6. The topological polar surface area (TPSA) is 54.0 Å². The van der Waals surface area contributed by atoms with Crippen LogP contribution in [0.5, 0.6) is 0 Å². The Hall–Kier alpha value is -3.14. The van der Waals surface area contributed by atoms with Gasteiger partial charge in [0, 0.05) is 17.6 Å². The van der Waals surface area contributed by atoms with Gasteiger partial charge in [0.2, 0.25) is 0 Å². The molecule has 0 unspecified atom stereocenters. The van der Waals surface area contributed by atoms with E-state index in [9.17, 15) is 4.79 Å². The Morgan fingerprint density at radius 2 is 1.76 bits per heavy atom. The molecule has 1 heterocycles. The second kappa shape index (κ2) is 7.62. The average Bonchev–Trinajstić information content (AvgIpc) is 2.64. The fourth-order valence-electron chi connectivity index (χ4n) is 2.58. The highest BCUT2D eigenvalue weighted by Crippen LogP contribution is 2.21. The maximum Gasteiger partial charge on any atom is 0.257 e. The molecule has 1 amide bonds. The summed E-state index contributed by atoms with van der Waals surface area (Å²) in [5.74, 6) is -0.177. The molecule has 0 atom stereocenters. The second-order valence-electron chi connectivity index (χ2n) is 5.92. The highest BCUT2D eigenvalue weighted by molar-refractivity contribution is 6.04. The van der Waals surface area contributed by atoms with Gasteiger partial charge in [0.25, 0.3) is 5.91 Å². The van der Waals surface area contributed by atoms with E-state index in [4.69, 9.17) is 0 Å². The molecule has 0 fully saturated rings. The Morgan fingerprint density at radius 1 is 1.00 bits per heavy atom. The van der Waals surface area contributed by atoms with Gasteiger partial charge in [-0.3, -0.25) is 9.78 Å². The molecule has 3 aromatic rings. The Labute approximate surface area is 147 Å². The number of pyridine rings is 1. The predicted octanol–water partition coefficient (Wildman–Crippen LogP) is 4.95. The number of benzene rings is 2. The number of nitrogens with one attached hydrogen (secondary N) is 2. The molecule has 0 saturated carbocycles. The van der Waals surface area contributed by atoms with E-state index >= 15 is 0 Å². The summed E-state index contributed by atoms with van der Waals surface area (Å²) < 4.78 is 0. The third kappa shape index (κ3) is 4.23. The Balaban J connectivity index is 1.76. The van der Waals surface area contributed by atoms with Gasteiger partial charge in [0.1, 0.15) is 0 Å². The first-order valence-corrected chi connectivity index (χ1v) is 8.33. The van der Waals surface area contributed by atoms with E-state index in [0.717, 1.165) is 29.0 Å². The van der Waals surface area contributed by atoms with Gasteiger partial charge in [-0.1, -0.05) is 42.8 Å². The van der Waals surface area contributed by atoms with Gasteiger partial charge < -0.3 is 10.6 Å². The lowest BCUT2D eigenvalue weighted by Crippen LogP contribution is -2.12. The van der Waals surface area contributed by atoms with E-state index < -0.39 is 0 Å². The van der Waals surface area contributed by atoms with Crippen LogP contribution in [0.4, 0.5) is 17.1 Å². The van der Waals surface area contributed by atoms with Crippen LogP contribution >= 0.6 is 0 Å².